The summed E-state index contributed by atoms with van der Waals surface area (Å²) < 4.78 is 13.9. The van der Waals surface area contributed by atoms with E-state index in [0.717, 1.165) is 18.5 Å². The number of amides is 2. The predicted octanol–water partition coefficient (Wildman–Crippen LogP) is 3.07. The first-order valence-electron chi connectivity index (χ1n) is 9.10. The maximum atomic E-state index is 13.9. The fourth-order valence-electron chi connectivity index (χ4n) is 3.48. The van der Waals surface area contributed by atoms with Crippen molar-refractivity contribution in [3.8, 4) is 0 Å². The van der Waals surface area contributed by atoms with Gasteiger partial charge in [0.15, 0.2) is 0 Å². The number of benzene rings is 2. The molecule has 2 aromatic carbocycles. The van der Waals surface area contributed by atoms with Gasteiger partial charge in [-0.2, -0.15) is 0 Å². The molecule has 0 aliphatic carbocycles. The second-order valence-electron chi connectivity index (χ2n) is 6.89. The Bertz CT molecular complexity index is 853. The molecule has 1 aliphatic heterocycles. The maximum Gasteiger partial charge on any atom is 0.258 e. The molecule has 1 saturated heterocycles. The van der Waals surface area contributed by atoms with Gasteiger partial charge in [-0.05, 0) is 56.6 Å². The third-order valence-electron chi connectivity index (χ3n) is 4.93. The van der Waals surface area contributed by atoms with E-state index in [4.69, 9.17) is 0 Å². The summed E-state index contributed by atoms with van der Waals surface area (Å²) in [5.74, 6) is -0.835. The standard InChI is InChI=1S/C21H24FN3O2/c1-14-6-5-8-17(21(27)25-11-10-15(13-25)12-23-2)19(14)24-20(26)16-7-3-4-9-18(16)22/h3-9,15,23H,10-13H2,1-2H3,(H,24,26). The van der Waals surface area contributed by atoms with Gasteiger partial charge in [0.1, 0.15) is 5.82 Å². The van der Waals surface area contributed by atoms with Crippen molar-refractivity contribution in [2.75, 3.05) is 32.0 Å². The molecule has 142 valence electrons. The van der Waals surface area contributed by atoms with Crippen LogP contribution in [0.25, 0.3) is 0 Å². The lowest BCUT2D eigenvalue weighted by Crippen LogP contribution is -2.31. The fourth-order valence-corrected chi connectivity index (χ4v) is 3.48. The number of anilines is 1. The van der Waals surface area contributed by atoms with Gasteiger partial charge in [-0.1, -0.05) is 24.3 Å². The Balaban J connectivity index is 1.84. The van der Waals surface area contributed by atoms with Crippen molar-refractivity contribution in [2.45, 2.75) is 13.3 Å². The van der Waals surface area contributed by atoms with E-state index in [2.05, 4.69) is 10.6 Å². The quantitative estimate of drug-likeness (QED) is 0.852. The SMILES string of the molecule is CNCC1CCN(C(=O)c2cccc(C)c2NC(=O)c2ccccc2F)C1. The van der Waals surface area contributed by atoms with Gasteiger partial charge in [-0.25, -0.2) is 4.39 Å². The minimum absolute atomic E-state index is 0.0468. The van der Waals surface area contributed by atoms with E-state index in [0.29, 0.717) is 30.3 Å². The van der Waals surface area contributed by atoms with Gasteiger partial charge in [0.05, 0.1) is 16.8 Å². The Hall–Kier alpha value is -2.73. The number of aryl methyl sites for hydroxylation is 1. The van der Waals surface area contributed by atoms with E-state index in [1.807, 2.05) is 24.9 Å². The molecule has 0 saturated carbocycles. The molecule has 2 aromatic rings. The van der Waals surface area contributed by atoms with Crippen LogP contribution >= 0.6 is 0 Å². The van der Waals surface area contributed by atoms with Crippen LogP contribution in [0.4, 0.5) is 10.1 Å². The zero-order chi connectivity index (χ0) is 19.4. The number of carbonyl (C=O) groups excluding carboxylic acids is 2. The van der Waals surface area contributed by atoms with Crippen LogP contribution in [0.1, 0.15) is 32.7 Å². The van der Waals surface area contributed by atoms with Crippen LogP contribution in [0.2, 0.25) is 0 Å². The molecule has 27 heavy (non-hydrogen) atoms. The van der Waals surface area contributed by atoms with Gasteiger partial charge in [0.25, 0.3) is 11.8 Å². The van der Waals surface area contributed by atoms with E-state index in [9.17, 15) is 14.0 Å². The number of likely N-dealkylation sites (tertiary alicyclic amines) is 1. The van der Waals surface area contributed by atoms with Crippen molar-refractivity contribution in [1.29, 1.82) is 0 Å². The van der Waals surface area contributed by atoms with Crippen LogP contribution in [0.5, 0.6) is 0 Å². The Kier molecular flexibility index (Phi) is 5.86. The number of para-hydroxylation sites is 1. The molecule has 3 rings (SSSR count). The fraction of sp³-hybridized carbons (Fsp3) is 0.333. The van der Waals surface area contributed by atoms with Crippen LogP contribution in [-0.4, -0.2) is 43.4 Å². The summed E-state index contributed by atoms with van der Waals surface area (Å²) in [6.07, 6.45) is 0.954. The highest BCUT2D eigenvalue weighted by Gasteiger charge is 2.28. The smallest absolute Gasteiger partial charge is 0.258 e. The molecule has 1 heterocycles. The molecule has 0 radical (unpaired) electrons. The summed E-state index contributed by atoms with van der Waals surface area (Å²) in [4.78, 5) is 27.4. The molecule has 2 amide bonds. The topological polar surface area (TPSA) is 61.4 Å². The Morgan fingerprint density at radius 2 is 1.89 bits per heavy atom. The first-order valence-corrected chi connectivity index (χ1v) is 9.10. The summed E-state index contributed by atoms with van der Waals surface area (Å²) in [5, 5.41) is 5.89. The molecule has 0 aromatic heterocycles. The summed E-state index contributed by atoms with van der Waals surface area (Å²) >= 11 is 0. The summed E-state index contributed by atoms with van der Waals surface area (Å²) in [5.41, 5.74) is 1.59. The van der Waals surface area contributed by atoms with Crippen LogP contribution in [0, 0.1) is 18.7 Å². The highest BCUT2D eigenvalue weighted by atomic mass is 19.1. The highest BCUT2D eigenvalue weighted by Crippen LogP contribution is 2.26. The largest absolute Gasteiger partial charge is 0.338 e. The average Bonchev–Trinajstić information content (AvgIpc) is 3.12. The first kappa shape index (κ1) is 19.0. The summed E-state index contributed by atoms with van der Waals surface area (Å²) in [6, 6.07) is 11.1. The number of hydrogen-bond donors (Lipinski definition) is 2. The Labute approximate surface area is 158 Å². The van der Waals surface area contributed by atoms with Crippen molar-refractivity contribution in [3.63, 3.8) is 0 Å². The Morgan fingerprint density at radius 3 is 2.63 bits per heavy atom. The minimum atomic E-state index is -0.592. The highest BCUT2D eigenvalue weighted by molar-refractivity contribution is 6.09. The van der Waals surface area contributed by atoms with Gasteiger partial charge >= 0.3 is 0 Å². The van der Waals surface area contributed by atoms with Crippen LogP contribution < -0.4 is 10.6 Å². The minimum Gasteiger partial charge on any atom is -0.338 e. The van der Waals surface area contributed by atoms with E-state index >= 15 is 0 Å². The zero-order valence-electron chi connectivity index (χ0n) is 15.6. The van der Waals surface area contributed by atoms with Gasteiger partial charge in [0.2, 0.25) is 0 Å². The number of nitrogens with zero attached hydrogens (tertiary/aromatic N) is 1. The van der Waals surface area contributed by atoms with E-state index < -0.39 is 11.7 Å². The lowest BCUT2D eigenvalue weighted by atomic mass is 10.1. The molecular formula is C21H24FN3O2. The van der Waals surface area contributed by atoms with Gasteiger partial charge in [-0.15, -0.1) is 0 Å². The van der Waals surface area contributed by atoms with Gasteiger partial charge in [0, 0.05) is 13.1 Å². The summed E-state index contributed by atoms with van der Waals surface area (Å²) in [7, 11) is 1.90. The van der Waals surface area contributed by atoms with Crippen LogP contribution in [0.3, 0.4) is 0 Å². The second-order valence-corrected chi connectivity index (χ2v) is 6.89. The van der Waals surface area contributed by atoms with Crippen molar-refractivity contribution in [2.24, 2.45) is 5.92 Å². The lowest BCUT2D eigenvalue weighted by molar-refractivity contribution is 0.0788. The molecule has 6 heteroatoms. The monoisotopic (exact) mass is 369 g/mol. The van der Waals surface area contributed by atoms with Crippen LogP contribution in [0.15, 0.2) is 42.5 Å². The van der Waals surface area contributed by atoms with Gasteiger partial charge < -0.3 is 15.5 Å². The maximum absolute atomic E-state index is 13.9. The van der Waals surface area contributed by atoms with E-state index in [-0.39, 0.29) is 11.5 Å². The molecule has 1 unspecified atom stereocenters. The number of carbonyl (C=O) groups is 2. The molecule has 1 aliphatic rings. The number of nitrogens with one attached hydrogen (secondary N) is 2. The van der Waals surface area contributed by atoms with Crippen molar-refractivity contribution in [1.82, 2.24) is 10.2 Å². The molecule has 0 bridgehead atoms. The van der Waals surface area contributed by atoms with Crippen LogP contribution in [-0.2, 0) is 0 Å². The molecule has 5 nitrogen and oxygen atoms in total. The summed E-state index contributed by atoms with van der Waals surface area (Å²) in [6.45, 7) is 4.07. The van der Waals surface area contributed by atoms with Crippen molar-refractivity contribution >= 4 is 17.5 Å². The van der Waals surface area contributed by atoms with Gasteiger partial charge in [-0.3, -0.25) is 9.59 Å². The lowest BCUT2D eigenvalue weighted by Gasteiger charge is -2.20. The first-order chi connectivity index (χ1) is 13.0. The normalized spacial score (nSPS) is 16.4. The zero-order valence-corrected chi connectivity index (χ0v) is 15.6. The third kappa shape index (κ3) is 4.17. The molecule has 0 spiro atoms. The van der Waals surface area contributed by atoms with Crippen molar-refractivity contribution in [3.05, 3.63) is 65.0 Å². The molecular weight excluding hydrogens is 345 g/mol. The number of halogens is 1. The second kappa shape index (κ2) is 8.31. The number of hydrogen-bond acceptors (Lipinski definition) is 3. The van der Waals surface area contributed by atoms with E-state index in [1.54, 1.807) is 18.2 Å². The molecule has 1 atom stereocenters. The molecule has 2 N–H and O–H groups in total. The Morgan fingerprint density at radius 1 is 1.15 bits per heavy atom. The third-order valence-corrected chi connectivity index (χ3v) is 4.93. The van der Waals surface area contributed by atoms with E-state index in [1.165, 1.54) is 18.2 Å². The predicted molar refractivity (Wildman–Crippen MR) is 103 cm³/mol. The van der Waals surface area contributed by atoms with Crippen molar-refractivity contribution < 1.29 is 14.0 Å². The number of rotatable bonds is 5. The average molecular weight is 369 g/mol. The molecule has 1 fully saturated rings.